The van der Waals surface area contributed by atoms with Crippen LogP contribution in [0.5, 0.6) is 0 Å². The number of hydrogen-bond donors (Lipinski definition) is 3. The van der Waals surface area contributed by atoms with Crippen molar-refractivity contribution in [2.45, 2.75) is 74.7 Å². The van der Waals surface area contributed by atoms with Gasteiger partial charge in [0, 0.05) is 51.9 Å². The van der Waals surface area contributed by atoms with Gasteiger partial charge in [-0.2, -0.15) is 13.2 Å². The van der Waals surface area contributed by atoms with Crippen molar-refractivity contribution in [1.82, 2.24) is 20.0 Å². The summed E-state index contributed by atoms with van der Waals surface area (Å²) < 4.78 is 79.1. The molecule has 4 heterocycles. The van der Waals surface area contributed by atoms with Crippen LogP contribution in [0, 0.1) is 11.6 Å². The van der Waals surface area contributed by atoms with Crippen molar-refractivity contribution in [3.05, 3.63) is 70.8 Å². The molecule has 0 radical (unpaired) electrons. The molecule has 0 spiro atoms. The molecule has 2 amide bonds. The van der Waals surface area contributed by atoms with Gasteiger partial charge in [-0.15, -0.1) is 0 Å². The number of likely N-dealkylation sites (tertiary alicyclic amines) is 1. The average molecular weight is 669 g/mol. The lowest BCUT2D eigenvalue weighted by Gasteiger charge is -2.38. The molecule has 3 N–H and O–H groups in total. The summed E-state index contributed by atoms with van der Waals surface area (Å²) in [6.07, 6.45) is -9.58. The van der Waals surface area contributed by atoms with Crippen molar-refractivity contribution in [1.29, 1.82) is 0 Å². The first kappa shape index (κ1) is 33.7. The Hall–Kier alpha value is -3.21. The minimum atomic E-state index is -4.48. The molecule has 4 saturated heterocycles. The maximum Gasteiger partial charge on any atom is 0.416 e. The quantitative estimate of drug-likeness (QED) is 0.422. The van der Waals surface area contributed by atoms with Gasteiger partial charge in [-0.25, -0.2) is 8.78 Å². The number of ether oxygens (including phenoxy) is 2. The van der Waals surface area contributed by atoms with Crippen LogP contribution in [0.15, 0.2) is 42.5 Å². The standard InChI is InChI=1S/C32H37F5N4O6/c33-23-6-3-19(9-24(23)34)12-39-15-22-16-40(7-8-46-22)31(45)25-10-21(38-28(42)11-26-29(43)30(44)27(17-39)47-26)14-41(25)13-18-1-4-20(5-2-18)32(35,36)37/h1-6,9,21-22,25-27,29-30,43-44H,7-8,10-17H2,(H,38,42)/t21-,22+,25-,26-,27+,29-,30+/m0/s1. The summed E-state index contributed by atoms with van der Waals surface area (Å²) in [4.78, 5) is 32.5. The van der Waals surface area contributed by atoms with E-state index in [0.29, 0.717) is 17.7 Å². The van der Waals surface area contributed by atoms with Crippen LogP contribution in [0.25, 0.3) is 0 Å². The van der Waals surface area contributed by atoms with Crippen LogP contribution < -0.4 is 5.32 Å². The molecule has 15 heteroatoms. The van der Waals surface area contributed by atoms with E-state index in [1.165, 1.54) is 18.2 Å². The first-order chi connectivity index (χ1) is 22.3. The zero-order chi connectivity index (χ0) is 33.5. The van der Waals surface area contributed by atoms with Gasteiger partial charge in [-0.3, -0.25) is 19.4 Å². The van der Waals surface area contributed by atoms with Gasteiger partial charge in [0.15, 0.2) is 11.6 Å². The number of hydrogen-bond acceptors (Lipinski definition) is 8. The predicted molar refractivity (Wildman–Crippen MR) is 155 cm³/mol. The van der Waals surface area contributed by atoms with E-state index in [4.69, 9.17) is 9.47 Å². The fraction of sp³-hybridized carbons (Fsp3) is 0.562. The number of alkyl halides is 3. The molecule has 7 atom stereocenters. The number of nitrogens with zero attached hydrogens (tertiary/aromatic N) is 3. The van der Waals surface area contributed by atoms with Crippen LogP contribution in [0.1, 0.15) is 29.5 Å². The smallest absolute Gasteiger partial charge is 0.388 e. The van der Waals surface area contributed by atoms with Gasteiger partial charge in [-0.1, -0.05) is 18.2 Å². The second kappa shape index (κ2) is 13.7. The van der Waals surface area contributed by atoms with Crippen LogP contribution >= 0.6 is 0 Å². The van der Waals surface area contributed by atoms with E-state index in [9.17, 15) is 41.8 Å². The summed E-state index contributed by atoms with van der Waals surface area (Å²) in [6, 6.07) is 7.13. The van der Waals surface area contributed by atoms with Crippen LogP contribution in [0.2, 0.25) is 0 Å². The fourth-order valence-corrected chi connectivity index (χ4v) is 6.97. The third-order valence-electron chi connectivity index (χ3n) is 9.31. The predicted octanol–water partition coefficient (Wildman–Crippen LogP) is 1.67. The molecule has 0 unspecified atom stereocenters. The largest absolute Gasteiger partial charge is 0.416 e. The molecule has 10 nitrogen and oxygen atoms in total. The lowest BCUT2D eigenvalue weighted by Crippen LogP contribution is -2.54. The maximum absolute atomic E-state index is 14.1. The molecular weight excluding hydrogens is 631 g/mol. The number of aliphatic hydroxyl groups excluding tert-OH is 2. The summed E-state index contributed by atoms with van der Waals surface area (Å²) >= 11 is 0. The van der Waals surface area contributed by atoms with Crippen molar-refractivity contribution in [3.63, 3.8) is 0 Å². The molecule has 256 valence electrons. The number of carbonyl (C=O) groups excluding carboxylic acids is 2. The van der Waals surface area contributed by atoms with Crippen molar-refractivity contribution >= 4 is 11.8 Å². The highest BCUT2D eigenvalue weighted by molar-refractivity contribution is 5.83. The average Bonchev–Trinajstić information content (AvgIpc) is 3.53. The van der Waals surface area contributed by atoms with Crippen molar-refractivity contribution in [2.75, 3.05) is 39.3 Å². The molecule has 0 aromatic heterocycles. The molecule has 2 aromatic carbocycles. The Labute approximate surface area is 268 Å². The van der Waals surface area contributed by atoms with Gasteiger partial charge in [-0.05, 0) is 41.8 Å². The van der Waals surface area contributed by atoms with Crippen molar-refractivity contribution in [3.8, 4) is 0 Å². The van der Waals surface area contributed by atoms with E-state index >= 15 is 0 Å². The number of halogens is 5. The van der Waals surface area contributed by atoms with Gasteiger partial charge in [0.05, 0.1) is 42.9 Å². The van der Waals surface area contributed by atoms with E-state index in [2.05, 4.69) is 5.32 Å². The minimum absolute atomic E-state index is 0.0648. The molecule has 6 rings (SSSR count). The highest BCUT2D eigenvalue weighted by Crippen LogP contribution is 2.31. The van der Waals surface area contributed by atoms with Crippen LogP contribution in [-0.2, 0) is 38.3 Å². The number of benzene rings is 2. The van der Waals surface area contributed by atoms with E-state index in [0.717, 1.165) is 24.3 Å². The summed E-state index contributed by atoms with van der Waals surface area (Å²) in [5.74, 6) is -2.66. The number of fused-ring (bicyclic) bond motifs is 6. The Morgan fingerprint density at radius 1 is 0.872 bits per heavy atom. The number of rotatable bonds is 4. The highest BCUT2D eigenvalue weighted by Gasteiger charge is 2.46. The van der Waals surface area contributed by atoms with Crippen molar-refractivity contribution in [2.24, 2.45) is 0 Å². The summed E-state index contributed by atoms with van der Waals surface area (Å²) in [5, 5.41) is 24.5. The summed E-state index contributed by atoms with van der Waals surface area (Å²) in [6.45, 7) is 1.57. The number of aliphatic hydroxyl groups is 2. The van der Waals surface area contributed by atoms with Crippen molar-refractivity contribution < 1.29 is 51.2 Å². The number of morpholine rings is 1. The number of nitrogens with one attached hydrogen (secondary N) is 1. The Kier molecular flexibility index (Phi) is 9.84. The minimum Gasteiger partial charge on any atom is -0.388 e. The van der Waals surface area contributed by atoms with E-state index < -0.39 is 71.9 Å². The summed E-state index contributed by atoms with van der Waals surface area (Å²) in [7, 11) is 0. The lowest BCUT2D eigenvalue weighted by molar-refractivity contribution is -0.145. The van der Waals surface area contributed by atoms with Gasteiger partial charge in [0.25, 0.3) is 0 Å². The third kappa shape index (κ3) is 7.76. The van der Waals surface area contributed by atoms with Crippen LogP contribution in [0.4, 0.5) is 22.0 Å². The molecule has 4 aliphatic rings. The first-order valence-corrected chi connectivity index (χ1v) is 15.6. The monoisotopic (exact) mass is 668 g/mol. The van der Waals surface area contributed by atoms with Crippen LogP contribution in [0.3, 0.4) is 0 Å². The molecule has 0 aliphatic carbocycles. The SMILES string of the molecule is O=C1C[C@@H]2O[C@H](CN(Cc3ccc(F)c(F)c3)C[C@@H]3CN(CCO3)C(=O)[C@@H]3C[C@@H](CN3Cc3ccc(C(F)(F)F)cc3)N1)[C@@H](O)[C@H]2O. The molecule has 4 aliphatic heterocycles. The van der Waals surface area contributed by atoms with E-state index in [1.54, 1.807) is 4.90 Å². The first-order valence-electron chi connectivity index (χ1n) is 15.6. The second-order valence-corrected chi connectivity index (χ2v) is 12.8. The summed E-state index contributed by atoms with van der Waals surface area (Å²) in [5.41, 5.74) is 0.241. The van der Waals surface area contributed by atoms with Gasteiger partial charge >= 0.3 is 6.18 Å². The normalized spacial score (nSPS) is 31.3. The highest BCUT2D eigenvalue weighted by atomic mass is 19.4. The molecule has 4 fully saturated rings. The maximum atomic E-state index is 14.1. The lowest BCUT2D eigenvalue weighted by atomic mass is 10.0. The molecule has 47 heavy (non-hydrogen) atoms. The zero-order valence-corrected chi connectivity index (χ0v) is 25.4. The molecule has 2 aromatic rings. The van der Waals surface area contributed by atoms with Gasteiger partial charge in [0.1, 0.15) is 12.2 Å². The number of amides is 2. The molecule has 6 bridgehead atoms. The third-order valence-corrected chi connectivity index (χ3v) is 9.31. The topological polar surface area (TPSA) is 115 Å². The molecular formula is C32H37F5N4O6. The van der Waals surface area contributed by atoms with Crippen LogP contribution in [-0.4, -0.2) is 119 Å². The zero-order valence-electron chi connectivity index (χ0n) is 25.4. The Bertz CT molecular complexity index is 1450. The number of carbonyl (C=O) groups is 2. The Morgan fingerprint density at radius 2 is 1.60 bits per heavy atom. The second-order valence-electron chi connectivity index (χ2n) is 12.8. The van der Waals surface area contributed by atoms with E-state index in [1.807, 2.05) is 9.80 Å². The van der Waals surface area contributed by atoms with Gasteiger partial charge < -0.3 is 29.9 Å². The van der Waals surface area contributed by atoms with Gasteiger partial charge in [0.2, 0.25) is 11.8 Å². The fourth-order valence-electron chi connectivity index (χ4n) is 6.97. The molecule has 0 saturated carbocycles. The Morgan fingerprint density at radius 3 is 2.32 bits per heavy atom. The van der Waals surface area contributed by atoms with E-state index in [-0.39, 0.29) is 64.6 Å². The Balaban J connectivity index is 1.25.